The molecule has 2 heterocycles. The van der Waals surface area contributed by atoms with Crippen LogP contribution < -0.4 is 11.2 Å². The fourth-order valence-electron chi connectivity index (χ4n) is 2.08. The number of rotatable bonds is 4. The fraction of sp³-hybridized carbons (Fsp3) is 0.357. The Kier molecular flexibility index (Phi) is 4.50. The molecule has 1 amide bonds. The van der Waals surface area contributed by atoms with E-state index >= 15 is 0 Å². The van der Waals surface area contributed by atoms with Crippen LogP contribution >= 0.6 is 0 Å². The highest BCUT2D eigenvalue weighted by molar-refractivity contribution is 5.79. The maximum Gasteiger partial charge on any atom is 0.325 e. The summed E-state index contributed by atoms with van der Waals surface area (Å²) < 4.78 is 0. The van der Waals surface area contributed by atoms with E-state index in [1.165, 1.54) is 11.2 Å². The van der Waals surface area contributed by atoms with Gasteiger partial charge < -0.3 is 9.88 Å². The normalized spacial score (nSPS) is 12.0. The van der Waals surface area contributed by atoms with Crippen LogP contribution in [0.15, 0.2) is 28.2 Å². The highest BCUT2D eigenvalue weighted by Gasteiger charge is 2.20. The largest absolute Gasteiger partial charge is 0.337 e. The lowest BCUT2D eigenvalue weighted by Crippen LogP contribution is -2.35. The van der Waals surface area contributed by atoms with E-state index < -0.39 is 11.2 Å². The molecule has 0 aliphatic heterocycles. The zero-order valence-electron chi connectivity index (χ0n) is 12.6. The van der Waals surface area contributed by atoms with Gasteiger partial charge in [0.15, 0.2) is 0 Å². The molecule has 0 spiro atoms. The highest BCUT2D eigenvalue weighted by Crippen LogP contribution is 2.16. The molecular weight excluding hydrogens is 286 g/mol. The van der Waals surface area contributed by atoms with Gasteiger partial charge in [-0.1, -0.05) is 0 Å². The number of nitrogens with zero attached hydrogens (tertiary/aromatic N) is 3. The second-order valence-electron chi connectivity index (χ2n) is 5.00. The first-order valence-electron chi connectivity index (χ1n) is 6.73. The number of likely N-dealkylation sites (N-methyl/N-ethyl adjacent to an activating group) is 1. The summed E-state index contributed by atoms with van der Waals surface area (Å²) >= 11 is 0. The number of hydrogen-bond donors (Lipinski definition) is 2. The van der Waals surface area contributed by atoms with E-state index in [9.17, 15) is 14.4 Å². The summed E-state index contributed by atoms with van der Waals surface area (Å²) in [5.41, 5.74) is 0.230. The molecule has 0 radical (unpaired) electrons. The van der Waals surface area contributed by atoms with Crippen LogP contribution in [0.4, 0.5) is 0 Å². The third-order valence-corrected chi connectivity index (χ3v) is 3.59. The number of aryl methyl sites for hydroxylation is 1. The number of H-pyrrole nitrogens is 2. The number of carbonyl (C=O) groups excluding carboxylic acids is 1. The Morgan fingerprint density at radius 2 is 2.09 bits per heavy atom. The van der Waals surface area contributed by atoms with Crippen LogP contribution in [0.1, 0.15) is 29.9 Å². The number of hydrogen-bond acceptors (Lipinski definition) is 5. The topological polar surface area (TPSA) is 112 Å². The van der Waals surface area contributed by atoms with Crippen LogP contribution in [-0.2, 0) is 11.2 Å². The number of carbonyl (C=O) groups is 1. The van der Waals surface area contributed by atoms with Gasteiger partial charge in [0.1, 0.15) is 6.33 Å². The first-order valence-corrected chi connectivity index (χ1v) is 6.73. The van der Waals surface area contributed by atoms with Crippen LogP contribution in [0.25, 0.3) is 0 Å². The molecule has 116 valence electrons. The first-order chi connectivity index (χ1) is 10.4. The molecule has 8 heteroatoms. The van der Waals surface area contributed by atoms with Gasteiger partial charge in [-0.3, -0.25) is 14.6 Å². The molecule has 22 heavy (non-hydrogen) atoms. The molecule has 0 saturated heterocycles. The maximum atomic E-state index is 12.4. The average Bonchev–Trinajstić information content (AvgIpc) is 2.50. The Labute approximate surface area is 126 Å². The standard InChI is InChI=1S/C14H17N5O3/c1-8-10(13(21)18-14(22)17-8)6-12(20)19(3)9(2)11-4-5-15-7-16-11/h4-5,7,9H,6H2,1-3H3,(H2,17,18,21,22). The first kappa shape index (κ1) is 15.6. The summed E-state index contributed by atoms with van der Waals surface area (Å²) in [5, 5.41) is 0. The molecular formula is C14H17N5O3. The van der Waals surface area contributed by atoms with Gasteiger partial charge in [-0.05, 0) is 19.9 Å². The summed E-state index contributed by atoms with van der Waals surface area (Å²) in [6, 6.07) is 1.48. The van der Waals surface area contributed by atoms with Crippen LogP contribution in [-0.4, -0.2) is 37.8 Å². The molecule has 0 saturated carbocycles. The van der Waals surface area contributed by atoms with Crippen molar-refractivity contribution < 1.29 is 4.79 Å². The van der Waals surface area contributed by atoms with Crippen molar-refractivity contribution in [3.8, 4) is 0 Å². The Hall–Kier alpha value is -2.77. The third-order valence-electron chi connectivity index (χ3n) is 3.59. The Morgan fingerprint density at radius 1 is 1.36 bits per heavy atom. The van der Waals surface area contributed by atoms with Crippen molar-refractivity contribution in [2.45, 2.75) is 26.3 Å². The summed E-state index contributed by atoms with van der Waals surface area (Å²) in [6.07, 6.45) is 2.93. The molecule has 1 atom stereocenters. The van der Waals surface area contributed by atoms with Crippen molar-refractivity contribution in [1.29, 1.82) is 0 Å². The second kappa shape index (κ2) is 6.33. The number of aromatic nitrogens is 4. The van der Waals surface area contributed by atoms with Gasteiger partial charge in [0.05, 0.1) is 18.2 Å². The van der Waals surface area contributed by atoms with Gasteiger partial charge in [-0.25, -0.2) is 14.8 Å². The number of amides is 1. The van der Waals surface area contributed by atoms with Gasteiger partial charge in [0, 0.05) is 24.5 Å². The van der Waals surface area contributed by atoms with Gasteiger partial charge in [-0.15, -0.1) is 0 Å². The molecule has 2 aromatic heterocycles. The van der Waals surface area contributed by atoms with E-state index in [4.69, 9.17) is 0 Å². The highest BCUT2D eigenvalue weighted by atomic mass is 16.2. The number of aromatic amines is 2. The maximum absolute atomic E-state index is 12.4. The summed E-state index contributed by atoms with van der Waals surface area (Å²) in [5.74, 6) is -0.244. The molecule has 0 aliphatic carbocycles. The average molecular weight is 303 g/mol. The third kappa shape index (κ3) is 3.27. The van der Waals surface area contributed by atoms with E-state index in [0.29, 0.717) is 11.4 Å². The predicted octanol–water partition coefficient (Wildman–Crippen LogP) is -0.0763. The summed E-state index contributed by atoms with van der Waals surface area (Å²) in [7, 11) is 1.64. The fourth-order valence-corrected chi connectivity index (χ4v) is 2.08. The van der Waals surface area contributed by atoms with Crippen molar-refractivity contribution in [2.24, 2.45) is 0 Å². The summed E-state index contributed by atoms with van der Waals surface area (Å²) in [6.45, 7) is 3.43. The van der Waals surface area contributed by atoms with Crippen molar-refractivity contribution in [1.82, 2.24) is 24.8 Å². The molecule has 0 fully saturated rings. The predicted molar refractivity (Wildman–Crippen MR) is 79.3 cm³/mol. The second-order valence-corrected chi connectivity index (χ2v) is 5.00. The number of nitrogens with one attached hydrogen (secondary N) is 2. The van der Waals surface area contributed by atoms with E-state index in [1.807, 2.05) is 6.92 Å². The lowest BCUT2D eigenvalue weighted by Gasteiger charge is -2.24. The molecule has 0 aliphatic rings. The minimum Gasteiger partial charge on any atom is -0.337 e. The van der Waals surface area contributed by atoms with Crippen molar-refractivity contribution >= 4 is 5.91 Å². The minimum absolute atomic E-state index is 0.0934. The molecule has 2 rings (SSSR count). The van der Waals surface area contributed by atoms with Crippen LogP contribution in [0.5, 0.6) is 0 Å². The molecule has 0 bridgehead atoms. The molecule has 2 aromatic rings. The lowest BCUT2D eigenvalue weighted by molar-refractivity contribution is -0.131. The zero-order valence-corrected chi connectivity index (χ0v) is 12.6. The quantitative estimate of drug-likeness (QED) is 0.820. The Morgan fingerprint density at radius 3 is 2.68 bits per heavy atom. The van der Waals surface area contributed by atoms with Crippen molar-refractivity contribution in [3.63, 3.8) is 0 Å². The van der Waals surface area contributed by atoms with E-state index in [1.54, 1.807) is 26.2 Å². The van der Waals surface area contributed by atoms with Crippen LogP contribution in [0.2, 0.25) is 0 Å². The van der Waals surface area contributed by atoms with Crippen molar-refractivity contribution in [3.05, 3.63) is 56.4 Å². The lowest BCUT2D eigenvalue weighted by atomic mass is 10.1. The zero-order chi connectivity index (χ0) is 16.3. The van der Waals surface area contributed by atoms with Gasteiger partial charge in [0.2, 0.25) is 5.91 Å². The molecule has 1 unspecified atom stereocenters. The van der Waals surface area contributed by atoms with Crippen LogP contribution in [0, 0.1) is 6.92 Å². The van der Waals surface area contributed by atoms with Crippen LogP contribution in [0.3, 0.4) is 0 Å². The van der Waals surface area contributed by atoms with Gasteiger partial charge in [-0.2, -0.15) is 0 Å². The Balaban J connectivity index is 2.19. The van der Waals surface area contributed by atoms with Crippen molar-refractivity contribution in [2.75, 3.05) is 7.05 Å². The minimum atomic E-state index is -0.582. The molecule has 8 nitrogen and oxygen atoms in total. The Bertz CT molecular complexity index is 781. The summed E-state index contributed by atoms with van der Waals surface area (Å²) in [4.78, 5) is 49.4. The van der Waals surface area contributed by atoms with Gasteiger partial charge in [0.25, 0.3) is 5.56 Å². The smallest absolute Gasteiger partial charge is 0.325 e. The SMILES string of the molecule is Cc1[nH]c(=O)[nH]c(=O)c1CC(=O)N(C)C(C)c1ccncn1. The van der Waals surface area contributed by atoms with E-state index in [-0.39, 0.29) is 23.9 Å². The van der Waals surface area contributed by atoms with E-state index in [2.05, 4.69) is 19.9 Å². The van der Waals surface area contributed by atoms with Gasteiger partial charge >= 0.3 is 5.69 Å². The van der Waals surface area contributed by atoms with E-state index in [0.717, 1.165) is 0 Å². The molecule has 2 N–H and O–H groups in total. The molecule has 0 aromatic carbocycles. The monoisotopic (exact) mass is 303 g/mol.